The fraction of sp³-hybridized carbons (Fsp3) is 0.375. The summed E-state index contributed by atoms with van der Waals surface area (Å²) >= 11 is 6.33. The molecule has 3 aromatic heterocycles. The van der Waals surface area contributed by atoms with Crippen molar-refractivity contribution in [1.82, 2.24) is 24.1 Å². The fourth-order valence-corrected chi connectivity index (χ4v) is 5.15. The standard InChI is InChI=1S/C24H26ClF2N7O3S/c1-32-12-17(28-13-32)14-7-8-15(18(10-14)33(2)38(3,35)36)29-16-11-19(25)30-23-21(16)31-24(22(26)27)34(23)20-6-4-5-9-37-20/h7-8,10-13,20,22H,4-6,9H2,1-3H3,(H,29,30). The van der Waals surface area contributed by atoms with E-state index in [1.165, 1.54) is 17.7 Å². The Bertz CT molecular complexity index is 1600. The van der Waals surface area contributed by atoms with Gasteiger partial charge in [0.25, 0.3) is 6.43 Å². The van der Waals surface area contributed by atoms with Gasteiger partial charge < -0.3 is 14.6 Å². The van der Waals surface area contributed by atoms with E-state index in [-0.39, 0.29) is 16.3 Å². The summed E-state index contributed by atoms with van der Waals surface area (Å²) in [6.07, 6.45) is 3.25. The molecule has 1 atom stereocenters. The molecule has 1 aromatic carbocycles. The average Bonchev–Trinajstić information content (AvgIpc) is 3.48. The number of nitrogens with zero attached hydrogens (tertiary/aromatic N) is 6. The van der Waals surface area contributed by atoms with E-state index in [9.17, 15) is 17.2 Å². The van der Waals surface area contributed by atoms with Crippen LogP contribution in [0.1, 0.15) is 37.7 Å². The third kappa shape index (κ3) is 5.05. The zero-order chi connectivity index (χ0) is 27.2. The number of halogens is 3. The van der Waals surface area contributed by atoms with Crippen molar-refractivity contribution >= 4 is 49.9 Å². The van der Waals surface area contributed by atoms with E-state index >= 15 is 0 Å². The van der Waals surface area contributed by atoms with Gasteiger partial charge in [0.15, 0.2) is 11.5 Å². The van der Waals surface area contributed by atoms with Gasteiger partial charge in [0.2, 0.25) is 10.0 Å². The molecule has 0 aliphatic carbocycles. The van der Waals surface area contributed by atoms with Gasteiger partial charge in [-0.2, -0.15) is 0 Å². The molecular formula is C24H26ClF2N7O3S. The molecule has 0 spiro atoms. The minimum atomic E-state index is -3.65. The van der Waals surface area contributed by atoms with Gasteiger partial charge in [0.1, 0.15) is 16.9 Å². The number of aromatic nitrogens is 5. The van der Waals surface area contributed by atoms with Gasteiger partial charge in [0.05, 0.1) is 35.3 Å². The highest BCUT2D eigenvalue weighted by Gasteiger charge is 2.29. The molecule has 38 heavy (non-hydrogen) atoms. The van der Waals surface area contributed by atoms with Crippen molar-refractivity contribution in [2.45, 2.75) is 31.9 Å². The number of ether oxygens (including phenoxy) is 1. The number of hydrogen-bond donors (Lipinski definition) is 1. The number of rotatable bonds is 7. The summed E-state index contributed by atoms with van der Waals surface area (Å²) in [6.45, 7) is 0.447. The van der Waals surface area contributed by atoms with E-state index in [1.54, 1.807) is 29.1 Å². The lowest BCUT2D eigenvalue weighted by atomic mass is 10.1. The van der Waals surface area contributed by atoms with Crippen LogP contribution in [0.5, 0.6) is 0 Å². The second-order valence-electron chi connectivity index (χ2n) is 9.14. The van der Waals surface area contributed by atoms with Crippen LogP contribution in [0.4, 0.5) is 25.8 Å². The van der Waals surface area contributed by atoms with Gasteiger partial charge in [0, 0.05) is 38.5 Å². The predicted molar refractivity (Wildman–Crippen MR) is 142 cm³/mol. The van der Waals surface area contributed by atoms with Crippen molar-refractivity contribution in [3.05, 3.63) is 47.8 Å². The summed E-state index contributed by atoms with van der Waals surface area (Å²) in [5.74, 6) is -0.469. The summed E-state index contributed by atoms with van der Waals surface area (Å²) in [6, 6.07) is 6.62. The number of aryl methyl sites for hydroxylation is 1. The first-order valence-electron chi connectivity index (χ1n) is 11.8. The maximum Gasteiger partial charge on any atom is 0.295 e. The third-order valence-electron chi connectivity index (χ3n) is 6.39. The fourth-order valence-electron chi connectivity index (χ4n) is 4.45. The van der Waals surface area contributed by atoms with Crippen LogP contribution < -0.4 is 9.62 Å². The average molecular weight is 566 g/mol. The van der Waals surface area contributed by atoms with Crippen molar-refractivity contribution in [2.75, 3.05) is 29.5 Å². The Morgan fingerprint density at radius 1 is 1.21 bits per heavy atom. The summed E-state index contributed by atoms with van der Waals surface area (Å²) in [5, 5.41) is 3.21. The lowest BCUT2D eigenvalue weighted by Gasteiger charge is -2.25. The highest BCUT2D eigenvalue weighted by molar-refractivity contribution is 7.92. The molecular weight excluding hydrogens is 540 g/mol. The van der Waals surface area contributed by atoms with Crippen molar-refractivity contribution in [1.29, 1.82) is 0 Å². The van der Waals surface area contributed by atoms with Crippen LogP contribution >= 0.6 is 11.6 Å². The van der Waals surface area contributed by atoms with E-state index in [4.69, 9.17) is 16.3 Å². The third-order valence-corrected chi connectivity index (χ3v) is 7.77. The largest absolute Gasteiger partial charge is 0.358 e. The number of sulfonamides is 1. The zero-order valence-electron chi connectivity index (χ0n) is 20.9. The minimum absolute atomic E-state index is 0.0564. The normalized spacial score (nSPS) is 16.3. The Kier molecular flexibility index (Phi) is 7.01. The lowest BCUT2D eigenvalue weighted by Crippen LogP contribution is -2.25. The minimum Gasteiger partial charge on any atom is -0.358 e. The molecule has 1 aliphatic heterocycles. The number of alkyl halides is 2. The van der Waals surface area contributed by atoms with Crippen molar-refractivity contribution < 1.29 is 21.9 Å². The predicted octanol–water partition coefficient (Wildman–Crippen LogP) is 5.26. The monoisotopic (exact) mass is 565 g/mol. The lowest BCUT2D eigenvalue weighted by molar-refractivity contribution is -0.0363. The molecule has 0 radical (unpaired) electrons. The Hall–Kier alpha value is -3.29. The van der Waals surface area contributed by atoms with Crippen LogP contribution in [0.15, 0.2) is 36.8 Å². The molecule has 1 N–H and O–H groups in total. The van der Waals surface area contributed by atoms with Crippen LogP contribution in [0.25, 0.3) is 22.4 Å². The SMILES string of the molecule is CN(c1cc(-c2cn(C)cn2)ccc1Nc1cc(Cl)nc2c1nc(C(F)F)n2C1CCCCO1)S(C)(=O)=O. The summed E-state index contributed by atoms with van der Waals surface area (Å²) < 4.78 is 63.1. The summed E-state index contributed by atoms with van der Waals surface area (Å²) in [7, 11) is -0.389. The molecule has 1 unspecified atom stereocenters. The summed E-state index contributed by atoms with van der Waals surface area (Å²) in [5.41, 5.74) is 2.68. The second kappa shape index (κ2) is 10.1. The topological polar surface area (TPSA) is 107 Å². The van der Waals surface area contributed by atoms with Crippen LogP contribution in [0.3, 0.4) is 0 Å². The maximum atomic E-state index is 14.1. The molecule has 14 heteroatoms. The van der Waals surface area contributed by atoms with Crippen molar-refractivity contribution in [3.8, 4) is 11.3 Å². The number of benzene rings is 1. The Labute approximate surface area is 223 Å². The highest BCUT2D eigenvalue weighted by atomic mass is 35.5. The molecule has 5 rings (SSSR count). The molecule has 4 aromatic rings. The molecule has 202 valence electrons. The molecule has 1 aliphatic rings. The van der Waals surface area contributed by atoms with Crippen LogP contribution in [-0.4, -0.2) is 52.4 Å². The molecule has 0 saturated carbocycles. The second-order valence-corrected chi connectivity index (χ2v) is 11.5. The molecule has 0 bridgehead atoms. The number of anilines is 3. The first kappa shape index (κ1) is 26.3. The van der Waals surface area contributed by atoms with E-state index in [0.717, 1.165) is 23.4 Å². The van der Waals surface area contributed by atoms with E-state index in [2.05, 4.69) is 20.3 Å². The molecule has 4 heterocycles. The number of fused-ring (bicyclic) bond motifs is 1. The highest BCUT2D eigenvalue weighted by Crippen LogP contribution is 2.39. The zero-order valence-corrected chi connectivity index (χ0v) is 22.5. The first-order chi connectivity index (χ1) is 18.0. The molecule has 1 saturated heterocycles. The van der Waals surface area contributed by atoms with Gasteiger partial charge in [-0.1, -0.05) is 17.7 Å². The number of pyridine rings is 1. The quantitative estimate of drug-likeness (QED) is 0.304. The molecule has 0 amide bonds. The Morgan fingerprint density at radius 3 is 2.63 bits per heavy atom. The van der Waals surface area contributed by atoms with E-state index in [0.29, 0.717) is 41.3 Å². The Morgan fingerprint density at radius 2 is 2.00 bits per heavy atom. The van der Waals surface area contributed by atoms with Crippen molar-refractivity contribution in [3.63, 3.8) is 0 Å². The van der Waals surface area contributed by atoms with Crippen LogP contribution in [0.2, 0.25) is 5.15 Å². The smallest absolute Gasteiger partial charge is 0.295 e. The maximum absolute atomic E-state index is 14.1. The number of nitrogens with one attached hydrogen (secondary N) is 1. The molecule has 1 fully saturated rings. The van der Waals surface area contributed by atoms with Gasteiger partial charge >= 0.3 is 0 Å². The van der Waals surface area contributed by atoms with Gasteiger partial charge in [-0.15, -0.1) is 0 Å². The van der Waals surface area contributed by atoms with Gasteiger partial charge in [-0.05, 0) is 31.4 Å². The number of imidazole rings is 2. The Balaban J connectivity index is 1.65. The van der Waals surface area contributed by atoms with Crippen molar-refractivity contribution in [2.24, 2.45) is 7.05 Å². The van der Waals surface area contributed by atoms with Gasteiger partial charge in [-0.3, -0.25) is 8.87 Å². The van der Waals surface area contributed by atoms with E-state index < -0.39 is 28.5 Å². The van der Waals surface area contributed by atoms with Gasteiger partial charge in [-0.25, -0.2) is 32.2 Å². The number of hydrogen-bond acceptors (Lipinski definition) is 7. The molecule has 10 nitrogen and oxygen atoms in total. The first-order valence-corrected chi connectivity index (χ1v) is 14.1. The van der Waals surface area contributed by atoms with Crippen LogP contribution in [0, 0.1) is 0 Å². The summed E-state index contributed by atoms with van der Waals surface area (Å²) in [4.78, 5) is 12.9. The van der Waals surface area contributed by atoms with E-state index in [1.807, 2.05) is 13.2 Å². The van der Waals surface area contributed by atoms with Crippen LogP contribution in [-0.2, 0) is 21.8 Å².